The molecule has 4 heteroatoms. The molecule has 4 nitrogen and oxygen atoms in total. The summed E-state index contributed by atoms with van der Waals surface area (Å²) in [6, 6.07) is 18.5. The van der Waals surface area contributed by atoms with E-state index in [1.54, 1.807) is 0 Å². The van der Waals surface area contributed by atoms with Gasteiger partial charge in [0.1, 0.15) is 6.04 Å². The van der Waals surface area contributed by atoms with Crippen molar-refractivity contribution in [2.75, 3.05) is 6.54 Å². The number of hydrogen-bond donors (Lipinski definition) is 2. The second kappa shape index (κ2) is 8.62. The molecule has 0 heterocycles. The average Bonchev–Trinajstić information content (AvgIpc) is 2.56. The second-order valence-electron chi connectivity index (χ2n) is 5.00. The van der Waals surface area contributed by atoms with E-state index in [1.165, 1.54) is 0 Å². The molecule has 0 spiro atoms. The molecule has 1 unspecified atom stereocenters. The van der Waals surface area contributed by atoms with Gasteiger partial charge in [0.2, 0.25) is 6.29 Å². The van der Waals surface area contributed by atoms with Crippen LogP contribution in [-0.2, 0) is 17.6 Å². The molecular formula is C18H19N2O2. The predicted molar refractivity (Wildman–Crippen MR) is 86.3 cm³/mol. The third kappa shape index (κ3) is 5.40. The van der Waals surface area contributed by atoms with Gasteiger partial charge in [0.15, 0.2) is 0 Å². The summed E-state index contributed by atoms with van der Waals surface area (Å²) in [6.07, 6.45) is 3.06. The van der Waals surface area contributed by atoms with E-state index in [1.807, 2.05) is 66.9 Å². The van der Waals surface area contributed by atoms with Crippen molar-refractivity contribution in [2.45, 2.75) is 18.9 Å². The van der Waals surface area contributed by atoms with E-state index in [0.29, 0.717) is 13.0 Å². The van der Waals surface area contributed by atoms with Crippen LogP contribution in [0.1, 0.15) is 11.1 Å². The summed E-state index contributed by atoms with van der Waals surface area (Å²) in [7, 11) is 0. The molecule has 0 aliphatic heterocycles. The first kappa shape index (κ1) is 15.8. The Morgan fingerprint density at radius 2 is 1.55 bits per heavy atom. The van der Waals surface area contributed by atoms with Crippen LogP contribution in [0.15, 0.2) is 60.7 Å². The van der Waals surface area contributed by atoms with Gasteiger partial charge in [0, 0.05) is 13.0 Å². The van der Waals surface area contributed by atoms with Gasteiger partial charge in [-0.15, -0.1) is 0 Å². The minimum atomic E-state index is -0.640. The molecule has 0 aliphatic rings. The summed E-state index contributed by atoms with van der Waals surface area (Å²) >= 11 is 0. The predicted octanol–water partition coefficient (Wildman–Crippen LogP) is 2.25. The van der Waals surface area contributed by atoms with E-state index in [9.17, 15) is 9.59 Å². The Labute approximate surface area is 130 Å². The van der Waals surface area contributed by atoms with Crippen LogP contribution in [0.4, 0.5) is 4.79 Å². The molecule has 0 saturated heterocycles. The number of nitrogens with one attached hydrogen (secondary N) is 2. The van der Waals surface area contributed by atoms with Gasteiger partial charge in [-0.2, -0.15) is 0 Å². The van der Waals surface area contributed by atoms with Crippen LogP contribution in [0.3, 0.4) is 0 Å². The fourth-order valence-electron chi connectivity index (χ4n) is 2.15. The molecule has 0 aliphatic carbocycles. The minimum absolute atomic E-state index is 0.347. The molecule has 0 bridgehead atoms. The van der Waals surface area contributed by atoms with Crippen LogP contribution in [0.2, 0.25) is 0 Å². The SMILES string of the molecule is O=[C]C(Cc1ccccc1)NC(=O)NCCc1ccccc1. The highest BCUT2D eigenvalue weighted by molar-refractivity contribution is 5.78. The highest BCUT2D eigenvalue weighted by atomic mass is 16.2. The molecule has 0 fully saturated rings. The quantitative estimate of drug-likeness (QED) is 0.823. The Hall–Kier alpha value is -2.62. The molecule has 0 aromatic heterocycles. The molecule has 113 valence electrons. The van der Waals surface area contributed by atoms with Gasteiger partial charge in [0.25, 0.3) is 0 Å². The van der Waals surface area contributed by atoms with Crippen LogP contribution in [-0.4, -0.2) is 24.9 Å². The highest BCUT2D eigenvalue weighted by Gasteiger charge is 2.12. The maximum atomic E-state index is 11.8. The standard InChI is InChI=1S/C18H19N2O2/c21-14-17(13-16-9-5-2-6-10-16)20-18(22)19-12-11-15-7-3-1-4-8-15/h1-10,17H,11-13H2,(H2,19,20,22). The van der Waals surface area contributed by atoms with Gasteiger partial charge in [0.05, 0.1) is 0 Å². The van der Waals surface area contributed by atoms with E-state index in [4.69, 9.17) is 0 Å². The van der Waals surface area contributed by atoms with Crippen molar-refractivity contribution >= 4 is 12.3 Å². The van der Waals surface area contributed by atoms with Crippen molar-refractivity contribution in [2.24, 2.45) is 0 Å². The number of carbonyl (C=O) groups excluding carboxylic acids is 2. The van der Waals surface area contributed by atoms with Crippen LogP contribution < -0.4 is 10.6 Å². The lowest BCUT2D eigenvalue weighted by atomic mass is 10.1. The summed E-state index contributed by atoms with van der Waals surface area (Å²) < 4.78 is 0. The monoisotopic (exact) mass is 295 g/mol. The zero-order valence-electron chi connectivity index (χ0n) is 12.3. The summed E-state index contributed by atoms with van der Waals surface area (Å²) in [5.74, 6) is 0. The Balaban J connectivity index is 1.74. The Morgan fingerprint density at radius 1 is 0.955 bits per heavy atom. The van der Waals surface area contributed by atoms with Crippen LogP contribution in [0, 0.1) is 0 Å². The maximum absolute atomic E-state index is 11.8. The van der Waals surface area contributed by atoms with E-state index < -0.39 is 6.04 Å². The first-order chi connectivity index (χ1) is 10.8. The van der Waals surface area contributed by atoms with Gasteiger partial charge in [-0.1, -0.05) is 60.7 Å². The number of benzene rings is 2. The van der Waals surface area contributed by atoms with Crippen LogP contribution >= 0.6 is 0 Å². The number of carbonyl (C=O) groups is 1. The van der Waals surface area contributed by atoms with E-state index >= 15 is 0 Å². The van der Waals surface area contributed by atoms with Crippen molar-refractivity contribution in [3.05, 3.63) is 71.8 Å². The van der Waals surface area contributed by atoms with Crippen LogP contribution in [0.25, 0.3) is 0 Å². The third-order valence-corrected chi connectivity index (χ3v) is 3.27. The molecule has 2 rings (SSSR count). The molecular weight excluding hydrogens is 276 g/mol. The van der Waals surface area contributed by atoms with Crippen LogP contribution in [0.5, 0.6) is 0 Å². The summed E-state index contributed by atoms with van der Waals surface area (Å²) in [6.45, 7) is 0.521. The lowest BCUT2D eigenvalue weighted by Gasteiger charge is -2.13. The molecule has 2 aromatic rings. The number of rotatable bonds is 7. The number of amides is 2. The smallest absolute Gasteiger partial charge is 0.315 e. The molecule has 2 aromatic carbocycles. The zero-order valence-corrected chi connectivity index (χ0v) is 12.3. The van der Waals surface area contributed by atoms with Crippen molar-refractivity contribution < 1.29 is 9.59 Å². The van der Waals surface area contributed by atoms with Crippen molar-refractivity contribution in [1.82, 2.24) is 10.6 Å². The second-order valence-corrected chi connectivity index (χ2v) is 5.00. The normalized spacial score (nSPS) is 11.5. The van der Waals surface area contributed by atoms with Crippen molar-refractivity contribution in [3.8, 4) is 0 Å². The van der Waals surface area contributed by atoms with Crippen molar-refractivity contribution in [1.29, 1.82) is 0 Å². The van der Waals surface area contributed by atoms with E-state index in [2.05, 4.69) is 10.6 Å². The first-order valence-corrected chi connectivity index (χ1v) is 7.28. The Morgan fingerprint density at radius 3 is 2.14 bits per heavy atom. The topological polar surface area (TPSA) is 58.2 Å². The summed E-state index contributed by atoms with van der Waals surface area (Å²) in [5, 5.41) is 5.38. The van der Waals surface area contributed by atoms with Gasteiger partial charge in [-0.25, -0.2) is 4.79 Å². The van der Waals surface area contributed by atoms with E-state index in [-0.39, 0.29) is 6.03 Å². The molecule has 0 saturated carbocycles. The average molecular weight is 295 g/mol. The van der Waals surface area contributed by atoms with Crippen molar-refractivity contribution in [3.63, 3.8) is 0 Å². The minimum Gasteiger partial charge on any atom is -0.338 e. The molecule has 22 heavy (non-hydrogen) atoms. The van der Waals surface area contributed by atoms with Gasteiger partial charge >= 0.3 is 6.03 Å². The summed E-state index contributed by atoms with van der Waals surface area (Å²) in [5.41, 5.74) is 2.14. The largest absolute Gasteiger partial charge is 0.338 e. The number of hydrogen-bond acceptors (Lipinski definition) is 2. The lowest BCUT2D eigenvalue weighted by molar-refractivity contribution is 0.239. The summed E-state index contributed by atoms with van der Waals surface area (Å²) in [4.78, 5) is 22.8. The van der Waals surface area contributed by atoms with E-state index in [0.717, 1.165) is 17.5 Å². The van der Waals surface area contributed by atoms with Gasteiger partial charge in [-0.3, -0.25) is 4.79 Å². The Bertz CT molecular complexity index is 585. The molecule has 2 amide bonds. The first-order valence-electron chi connectivity index (χ1n) is 7.28. The maximum Gasteiger partial charge on any atom is 0.315 e. The molecule has 1 atom stereocenters. The fourth-order valence-corrected chi connectivity index (χ4v) is 2.15. The number of urea groups is 1. The lowest BCUT2D eigenvalue weighted by Crippen LogP contribution is -2.44. The van der Waals surface area contributed by atoms with Gasteiger partial charge in [-0.05, 0) is 17.5 Å². The molecule has 1 radical (unpaired) electrons. The fraction of sp³-hybridized carbons (Fsp3) is 0.222. The third-order valence-electron chi connectivity index (χ3n) is 3.27. The Kier molecular flexibility index (Phi) is 6.18. The van der Waals surface area contributed by atoms with Gasteiger partial charge < -0.3 is 10.6 Å². The zero-order chi connectivity index (χ0) is 15.6. The molecule has 2 N–H and O–H groups in total. The highest BCUT2D eigenvalue weighted by Crippen LogP contribution is 2.02.